The van der Waals surface area contributed by atoms with Gasteiger partial charge < -0.3 is 10.5 Å². The van der Waals surface area contributed by atoms with E-state index in [1.54, 1.807) is 0 Å². The second-order valence-electron chi connectivity index (χ2n) is 2.61. The first-order valence-electron chi connectivity index (χ1n) is 3.19. The molecule has 1 heterocycles. The first-order chi connectivity index (χ1) is 4.27. The molecular formula is C6H12INO. The van der Waals surface area contributed by atoms with Crippen LogP contribution in [-0.4, -0.2) is 23.2 Å². The number of ether oxygens (including phenoxy) is 1. The average Bonchev–Trinajstić information content (AvgIpc) is 1.90. The Labute approximate surface area is 69.3 Å². The molecule has 1 aliphatic heterocycles. The molecule has 0 spiro atoms. The lowest BCUT2D eigenvalue weighted by Gasteiger charge is -2.31. The van der Waals surface area contributed by atoms with Gasteiger partial charge in [-0.1, -0.05) is 22.6 Å². The van der Waals surface area contributed by atoms with Crippen LogP contribution < -0.4 is 5.73 Å². The van der Waals surface area contributed by atoms with Crippen LogP contribution in [0.1, 0.15) is 12.8 Å². The van der Waals surface area contributed by atoms with Crippen LogP contribution in [0.5, 0.6) is 0 Å². The molecule has 1 rings (SSSR count). The van der Waals surface area contributed by atoms with Crippen LogP contribution in [0.4, 0.5) is 0 Å². The number of rotatable bonds is 1. The van der Waals surface area contributed by atoms with Gasteiger partial charge in [0.25, 0.3) is 0 Å². The molecule has 1 saturated heterocycles. The van der Waals surface area contributed by atoms with Crippen molar-refractivity contribution >= 4 is 22.6 Å². The fourth-order valence-corrected chi connectivity index (χ4v) is 1.67. The maximum Gasteiger partial charge on any atom is 0.0483 e. The molecule has 0 bridgehead atoms. The van der Waals surface area contributed by atoms with Crippen LogP contribution in [0.25, 0.3) is 0 Å². The van der Waals surface area contributed by atoms with Gasteiger partial charge in [0, 0.05) is 23.2 Å². The SMILES string of the molecule is NC1(CI)CCOCC1. The van der Waals surface area contributed by atoms with Gasteiger partial charge in [-0.25, -0.2) is 0 Å². The maximum atomic E-state index is 5.97. The van der Waals surface area contributed by atoms with Gasteiger partial charge in [0.15, 0.2) is 0 Å². The van der Waals surface area contributed by atoms with Crippen LogP contribution >= 0.6 is 22.6 Å². The van der Waals surface area contributed by atoms with Crippen LogP contribution in [0.3, 0.4) is 0 Å². The van der Waals surface area contributed by atoms with Crippen LogP contribution in [0, 0.1) is 0 Å². The van der Waals surface area contributed by atoms with Crippen molar-refractivity contribution in [1.82, 2.24) is 0 Å². The monoisotopic (exact) mass is 241 g/mol. The number of hydrogen-bond acceptors (Lipinski definition) is 2. The van der Waals surface area contributed by atoms with E-state index in [0.717, 1.165) is 30.5 Å². The molecule has 0 atom stereocenters. The van der Waals surface area contributed by atoms with Gasteiger partial charge in [-0.15, -0.1) is 0 Å². The zero-order chi connectivity index (χ0) is 6.74. The minimum absolute atomic E-state index is 0.0822. The minimum atomic E-state index is 0.0822. The molecule has 0 aromatic rings. The molecule has 0 saturated carbocycles. The summed E-state index contributed by atoms with van der Waals surface area (Å²) in [6.07, 6.45) is 2.05. The molecule has 2 nitrogen and oxygen atoms in total. The van der Waals surface area contributed by atoms with E-state index >= 15 is 0 Å². The Kier molecular flexibility index (Phi) is 2.73. The number of halogens is 1. The molecule has 0 aromatic heterocycles. The van der Waals surface area contributed by atoms with E-state index in [1.807, 2.05) is 0 Å². The first kappa shape index (κ1) is 7.75. The van der Waals surface area contributed by atoms with Gasteiger partial charge in [0.05, 0.1) is 0 Å². The van der Waals surface area contributed by atoms with Crippen molar-refractivity contribution in [2.45, 2.75) is 18.4 Å². The van der Waals surface area contributed by atoms with Crippen molar-refractivity contribution in [2.24, 2.45) is 5.73 Å². The lowest BCUT2D eigenvalue weighted by molar-refractivity contribution is 0.0618. The molecule has 3 heteroatoms. The molecule has 0 amide bonds. The summed E-state index contributed by atoms with van der Waals surface area (Å²) < 4.78 is 6.23. The highest BCUT2D eigenvalue weighted by atomic mass is 127. The average molecular weight is 241 g/mol. The van der Waals surface area contributed by atoms with E-state index in [-0.39, 0.29) is 5.54 Å². The molecule has 0 aliphatic carbocycles. The topological polar surface area (TPSA) is 35.2 Å². The third-order valence-corrected chi connectivity index (χ3v) is 3.27. The lowest BCUT2D eigenvalue weighted by atomic mass is 9.94. The van der Waals surface area contributed by atoms with Gasteiger partial charge in [-0.3, -0.25) is 0 Å². The minimum Gasteiger partial charge on any atom is -0.381 e. The van der Waals surface area contributed by atoms with Crippen molar-refractivity contribution in [1.29, 1.82) is 0 Å². The second-order valence-corrected chi connectivity index (χ2v) is 3.37. The van der Waals surface area contributed by atoms with Crippen LogP contribution in [-0.2, 0) is 4.74 Å². The van der Waals surface area contributed by atoms with E-state index < -0.39 is 0 Å². The van der Waals surface area contributed by atoms with Crippen molar-refractivity contribution in [2.75, 3.05) is 17.6 Å². The highest BCUT2D eigenvalue weighted by Gasteiger charge is 2.25. The molecule has 1 fully saturated rings. The summed E-state index contributed by atoms with van der Waals surface area (Å²) in [6, 6.07) is 0. The predicted molar refractivity (Wildman–Crippen MR) is 45.9 cm³/mol. The summed E-state index contributed by atoms with van der Waals surface area (Å²) in [6.45, 7) is 1.69. The Morgan fingerprint density at radius 1 is 1.44 bits per heavy atom. The molecule has 54 valence electrons. The van der Waals surface area contributed by atoms with Gasteiger partial charge in [-0.05, 0) is 12.8 Å². The second kappa shape index (κ2) is 3.16. The third-order valence-electron chi connectivity index (χ3n) is 1.75. The summed E-state index contributed by atoms with van der Waals surface area (Å²) in [5.41, 5.74) is 6.05. The van der Waals surface area contributed by atoms with Gasteiger partial charge >= 0.3 is 0 Å². The van der Waals surface area contributed by atoms with Gasteiger partial charge in [0.1, 0.15) is 0 Å². The standard InChI is InChI=1S/C6H12INO/c7-5-6(8)1-3-9-4-2-6/h1-5,8H2. The summed E-state index contributed by atoms with van der Waals surface area (Å²) in [5, 5.41) is 0. The first-order valence-corrected chi connectivity index (χ1v) is 4.72. The fraction of sp³-hybridized carbons (Fsp3) is 1.00. The van der Waals surface area contributed by atoms with E-state index in [1.165, 1.54) is 0 Å². The molecule has 0 radical (unpaired) electrons. The van der Waals surface area contributed by atoms with E-state index in [4.69, 9.17) is 10.5 Å². The van der Waals surface area contributed by atoms with Crippen molar-refractivity contribution in [3.05, 3.63) is 0 Å². The van der Waals surface area contributed by atoms with E-state index in [2.05, 4.69) is 22.6 Å². The van der Waals surface area contributed by atoms with E-state index in [0.29, 0.717) is 0 Å². The Hall–Kier alpha value is 0.650. The van der Waals surface area contributed by atoms with Crippen LogP contribution in [0.15, 0.2) is 0 Å². The Balaban J connectivity index is 2.37. The zero-order valence-corrected chi connectivity index (χ0v) is 7.56. The van der Waals surface area contributed by atoms with Crippen molar-refractivity contribution < 1.29 is 4.74 Å². The van der Waals surface area contributed by atoms with Crippen LogP contribution in [0.2, 0.25) is 0 Å². The number of hydrogen-bond donors (Lipinski definition) is 1. The van der Waals surface area contributed by atoms with Gasteiger partial charge in [-0.2, -0.15) is 0 Å². The quantitative estimate of drug-likeness (QED) is 0.547. The Morgan fingerprint density at radius 3 is 2.33 bits per heavy atom. The largest absolute Gasteiger partial charge is 0.381 e. The summed E-state index contributed by atoms with van der Waals surface area (Å²) in [7, 11) is 0. The third kappa shape index (κ3) is 2.05. The molecule has 0 unspecified atom stereocenters. The summed E-state index contributed by atoms with van der Waals surface area (Å²) >= 11 is 2.34. The Bertz CT molecular complexity index is 91.1. The summed E-state index contributed by atoms with van der Waals surface area (Å²) in [5.74, 6) is 0. The lowest BCUT2D eigenvalue weighted by Crippen LogP contribution is -2.46. The predicted octanol–water partition coefficient (Wildman–Crippen LogP) is 0.929. The van der Waals surface area contributed by atoms with Crippen molar-refractivity contribution in [3.8, 4) is 0 Å². The fourth-order valence-electron chi connectivity index (χ4n) is 0.912. The molecule has 2 N–H and O–H groups in total. The maximum absolute atomic E-state index is 5.97. The zero-order valence-electron chi connectivity index (χ0n) is 5.40. The van der Waals surface area contributed by atoms with Gasteiger partial charge in [0.2, 0.25) is 0 Å². The highest BCUT2D eigenvalue weighted by molar-refractivity contribution is 14.1. The van der Waals surface area contributed by atoms with Crippen molar-refractivity contribution in [3.63, 3.8) is 0 Å². The smallest absolute Gasteiger partial charge is 0.0483 e. The molecule has 0 aromatic carbocycles. The normalized spacial score (nSPS) is 26.0. The molecular weight excluding hydrogens is 229 g/mol. The highest BCUT2D eigenvalue weighted by Crippen LogP contribution is 2.19. The number of nitrogens with two attached hydrogens (primary N) is 1. The summed E-state index contributed by atoms with van der Waals surface area (Å²) in [4.78, 5) is 0. The van der Waals surface area contributed by atoms with E-state index in [9.17, 15) is 0 Å². The number of alkyl halides is 1. The Morgan fingerprint density at radius 2 is 2.00 bits per heavy atom. The molecule has 1 aliphatic rings. The molecule has 9 heavy (non-hydrogen) atoms.